The maximum Gasteiger partial charge on any atom is 0.229 e. The number of ether oxygens (including phenoxy) is 2. The summed E-state index contributed by atoms with van der Waals surface area (Å²) in [7, 11) is 1.70. The first-order valence-electron chi connectivity index (χ1n) is 11.2. The van der Waals surface area contributed by atoms with Crippen LogP contribution in [0, 0.1) is 3.57 Å². The van der Waals surface area contributed by atoms with Crippen molar-refractivity contribution >= 4 is 39.9 Å². The molecule has 0 saturated carbocycles. The highest BCUT2D eigenvalue weighted by Crippen LogP contribution is 2.33. The van der Waals surface area contributed by atoms with Gasteiger partial charge in [-0.1, -0.05) is 0 Å². The molecule has 5 rings (SSSR count). The standard InChI is InChI=1S/C23H28IN7O2/c1-32-21-14-18(29-7-4-17(5-8-29)30-10-12-33-13-11-30)2-3-20(21)27-23-26-15-19(24)22(28-23)31-9-6-25-16-31/h2-3,6,9,14-17H,4-5,7-8,10-13H2,1H3,(H,26,27,28). The molecule has 2 aliphatic rings. The summed E-state index contributed by atoms with van der Waals surface area (Å²) in [6.07, 6.45) is 9.48. The zero-order valence-corrected chi connectivity index (χ0v) is 20.8. The van der Waals surface area contributed by atoms with Gasteiger partial charge in [0.15, 0.2) is 5.82 Å². The first-order valence-corrected chi connectivity index (χ1v) is 12.3. The summed E-state index contributed by atoms with van der Waals surface area (Å²) in [5.41, 5.74) is 2.02. The fourth-order valence-electron chi connectivity index (χ4n) is 4.52. The lowest BCUT2D eigenvalue weighted by Crippen LogP contribution is -2.49. The van der Waals surface area contributed by atoms with Crippen LogP contribution in [-0.2, 0) is 4.74 Å². The Kier molecular flexibility index (Phi) is 6.93. The highest BCUT2D eigenvalue weighted by molar-refractivity contribution is 14.1. The maximum atomic E-state index is 5.71. The smallest absolute Gasteiger partial charge is 0.229 e. The van der Waals surface area contributed by atoms with E-state index in [4.69, 9.17) is 9.47 Å². The minimum atomic E-state index is 0.511. The zero-order chi connectivity index (χ0) is 22.6. The van der Waals surface area contributed by atoms with Crippen LogP contribution in [-0.4, -0.2) is 77.0 Å². The quantitative estimate of drug-likeness (QED) is 0.460. The number of imidazole rings is 1. The van der Waals surface area contributed by atoms with E-state index in [-0.39, 0.29) is 0 Å². The highest BCUT2D eigenvalue weighted by Gasteiger charge is 2.26. The number of anilines is 3. The second kappa shape index (κ2) is 10.2. The van der Waals surface area contributed by atoms with Crippen LogP contribution < -0.4 is 15.0 Å². The van der Waals surface area contributed by atoms with Gasteiger partial charge in [-0.2, -0.15) is 4.98 Å². The molecule has 3 aromatic rings. The lowest BCUT2D eigenvalue weighted by atomic mass is 10.0. The fourth-order valence-corrected chi connectivity index (χ4v) is 5.05. The van der Waals surface area contributed by atoms with Gasteiger partial charge in [-0.05, 0) is 47.6 Å². The third-order valence-corrected chi connectivity index (χ3v) is 7.06. The van der Waals surface area contributed by atoms with Gasteiger partial charge in [0, 0.05) is 62.6 Å². The van der Waals surface area contributed by atoms with Crippen LogP contribution in [0.4, 0.5) is 17.3 Å². The van der Waals surface area contributed by atoms with Gasteiger partial charge in [0.25, 0.3) is 0 Å². The molecule has 0 spiro atoms. The molecule has 4 heterocycles. The van der Waals surface area contributed by atoms with Gasteiger partial charge in [0.2, 0.25) is 5.95 Å². The monoisotopic (exact) mass is 561 g/mol. The average Bonchev–Trinajstić information content (AvgIpc) is 3.41. The largest absolute Gasteiger partial charge is 0.494 e. The first-order chi connectivity index (χ1) is 16.2. The molecule has 2 aromatic heterocycles. The van der Waals surface area contributed by atoms with Crippen LogP contribution in [0.2, 0.25) is 0 Å². The predicted octanol–water partition coefficient (Wildman–Crippen LogP) is 3.32. The highest BCUT2D eigenvalue weighted by atomic mass is 127. The number of rotatable bonds is 6. The Bertz CT molecular complexity index is 1060. The van der Waals surface area contributed by atoms with E-state index in [2.05, 4.69) is 64.8 Å². The molecule has 0 aliphatic carbocycles. The molecule has 0 amide bonds. The Morgan fingerprint density at radius 1 is 1.15 bits per heavy atom. The molecular formula is C23H28IN7O2. The molecule has 9 nitrogen and oxygen atoms in total. The molecule has 10 heteroatoms. The van der Waals surface area contributed by atoms with Crippen molar-refractivity contribution in [3.63, 3.8) is 0 Å². The van der Waals surface area contributed by atoms with Crippen molar-refractivity contribution in [2.75, 3.05) is 56.7 Å². The van der Waals surface area contributed by atoms with E-state index >= 15 is 0 Å². The number of nitrogens with zero attached hydrogens (tertiary/aromatic N) is 6. The third-order valence-electron chi connectivity index (χ3n) is 6.30. The molecule has 2 aliphatic heterocycles. The molecule has 0 radical (unpaired) electrons. The Balaban J connectivity index is 1.28. The summed E-state index contributed by atoms with van der Waals surface area (Å²) < 4.78 is 14.0. The lowest BCUT2D eigenvalue weighted by Gasteiger charge is -2.40. The number of methoxy groups -OCH3 is 1. The van der Waals surface area contributed by atoms with Crippen LogP contribution >= 0.6 is 22.6 Å². The van der Waals surface area contributed by atoms with Gasteiger partial charge in [0.1, 0.15) is 12.1 Å². The third kappa shape index (κ3) is 5.07. The van der Waals surface area contributed by atoms with Crippen LogP contribution in [0.15, 0.2) is 43.1 Å². The molecule has 174 valence electrons. The summed E-state index contributed by atoms with van der Waals surface area (Å²) in [5, 5.41) is 3.31. The minimum absolute atomic E-state index is 0.511. The number of halogens is 1. The van der Waals surface area contributed by atoms with Gasteiger partial charge in [-0.15, -0.1) is 0 Å². The van der Waals surface area contributed by atoms with Gasteiger partial charge in [-0.25, -0.2) is 9.97 Å². The molecular weight excluding hydrogens is 533 g/mol. The van der Waals surface area contributed by atoms with Crippen molar-refractivity contribution in [2.45, 2.75) is 18.9 Å². The van der Waals surface area contributed by atoms with Crippen molar-refractivity contribution in [2.24, 2.45) is 0 Å². The molecule has 2 saturated heterocycles. The lowest BCUT2D eigenvalue weighted by molar-refractivity contribution is 0.0115. The Morgan fingerprint density at radius 3 is 2.70 bits per heavy atom. The van der Waals surface area contributed by atoms with Crippen LogP contribution in [0.1, 0.15) is 12.8 Å². The SMILES string of the molecule is COc1cc(N2CCC(N3CCOCC3)CC2)ccc1Nc1ncc(I)c(-n2ccnc2)n1. The van der Waals surface area contributed by atoms with Gasteiger partial charge in [-0.3, -0.25) is 9.47 Å². The Hall–Kier alpha value is -2.44. The van der Waals surface area contributed by atoms with E-state index in [1.54, 1.807) is 25.8 Å². The first kappa shape index (κ1) is 22.4. The van der Waals surface area contributed by atoms with Crippen molar-refractivity contribution in [1.29, 1.82) is 0 Å². The van der Waals surface area contributed by atoms with Crippen LogP contribution in [0.3, 0.4) is 0 Å². The van der Waals surface area contributed by atoms with E-state index in [0.29, 0.717) is 12.0 Å². The summed E-state index contributed by atoms with van der Waals surface area (Å²) in [4.78, 5) is 18.3. The second-order valence-corrected chi connectivity index (χ2v) is 9.37. The van der Waals surface area contributed by atoms with E-state index < -0.39 is 0 Å². The molecule has 0 unspecified atom stereocenters. The topological polar surface area (TPSA) is 80.6 Å². The van der Waals surface area contributed by atoms with Crippen LogP contribution in [0.5, 0.6) is 5.75 Å². The number of hydrogen-bond acceptors (Lipinski definition) is 8. The van der Waals surface area contributed by atoms with Gasteiger partial charge >= 0.3 is 0 Å². The van der Waals surface area contributed by atoms with Crippen molar-refractivity contribution in [3.8, 4) is 11.6 Å². The van der Waals surface area contributed by atoms with Gasteiger partial charge < -0.3 is 19.7 Å². The number of piperidine rings is 1. The molecule has 1 N–H and O–H groups in total. The van der Waals surface area contributed by atoms with E-state index in [1.165, 1.54) is 18.5 Å². The molecule has 1 aromatic carbocycles. The number of aromatic nitrogens is 4. The van der Waals surface area contributed by atoms with Gasteiger partial charge in [0.05, 0.1) is 29.6 Å². The Labute approximate surface area is 207 Å². The predicted molar refractivity (Wildman–Crippen MR) is 136 cm³/mol. The van der Waals surface area contributed by atoms with Crippen LogP contribution in [0.25, 0.3) is 5.82 Å². The van der Waals surface area contributed by atoms with E-state index in [9.17, 15) is 0 Å². The van der Waals surface area contributed by atoms with E-state index in [0.717, 1.165) is 60.2 Å². The number of hydrogen-bond donors (Lipinski definition) is 1. The summed E-state index contributed by atoms with van der Waals surface area (Å²) in [5.74, 6) is 2.06. The fraction of sp³-hybridized carbons (Fsp3) is 0.435. The van der Waals surface area contributed by atoms with Crippen molar-refractivity contribution in [3.05, 3.63) is 46.7 Å². The molecule has 0 atom stereocenters. The van der Waals surface area contributed by atoms with Crippen molar-refractivity contribution in [1.82, 2.24) is 24.4 Å². The number of morpholine rings is 1. The summed E-state index contributed by atoms with van der Waals surface area (Å²) in [6, 6.07) is 6.95. The van der Waals surface area contributed by atoms with Crippen molar-refractivity contribution < 1.29 is 9.47 Å². The second-order valence-electron chi connectivity index (χ2n) is 8.21. The molecule has 2 fully saturated rings. The summed E-state index contributed by atoms with van der Waals surface area (Å²) in [6.45, 7) is 5.93. The van der Waals surface area contributed by atoms with E-state index in [1.807, 2.05) is 16.8 Å². The summed E-state index contributed by atoms with van der Waals surface area (Å²) >= 11 is 2.23. The zero-order valence-electron chi connectivity index (χ0n) is 18.7. The minimum Gasteiger partial charge on any atom is -0.494 e. The Morgan fingerprint density at radius 2 is 1.97 bits per heavy atom. The number of benzene rings is 1. The molecule has 0 bridgehead atoms. The molecule has 33 heavy (non-hydrogen) atoms. The normalized spacial score (nSPS) is 17.8. The average molecular weight is 561 g/mol. The maximum absolute atomic E-state index is 5.71. The number of nitrogens with one attached hydrogen (secondary N) is 1.